The summed E-state index contributed by atoms with van der Waals surface area (Å²) < 4.78 is 0. The first-order valence-corrected chi connectivity index (χ1v) is 8.02. The molecule has 2 nitrogen and oxygen atoms in total. The number of hydrogen-bond acceptors (Lipinski definition) is 2. The van der Waals surface area contributed by atoms with Crippen molar-refractivity contribution in [1.82, 2.24) is 10.3 Å². The standard InChI is InChI=1S/C17H28N2/c1-2-11-19-17(14-15-9-12-18-13-10-15)16-7-5-3-4-6-8-16/h9-10,12-13,16-17,19H,2-8,11,14H2,1H3. The highest BCUT2D eigenvalue weighted by Crippen LogP contribution is 2.27. The molecule has 1 heterocycles. The van der Waals surface area contributed by atoms with Gasteiger partial charge in [-0.15, -0.1) is 0 Å². The Morgan fingerprint density at radius 3 is 2.47 bits per heavy atom. The third kappa shape index (κ3) is 4.94. The predicted octanol–water partition coefficient (Wildman–Crippen LogP) is 3.96. The van der Waals surface area contributed by atoms with Gasteiger partial charge in [0.25, 0.3) is 0 Å². The molecule has 0 saturated heterocycles. The van der Waals surface area contributed by atoms with Crippen LogP contribution < -0.4 is 5.32 Å². The molecule has 1 unspecified atom stereocenters. The second kappa shape index (κ2) is 8.31. The van der Waals surface area contributed by atoms with Crippen molar-refractivity contribution in [3.05, 3.63) is 30.1 Å². The van der Waals surface area contributed by atoms with Gasteiger partial charge in [0.15, 0.2) is 0 Å². The van der Waals surface area contributed by atoms with E-state index in [1.807, 2.05) is 12.4 Å². The average molecular weight is 260 g/mol. The minimum absolute atomic E-state index is 0.653. The Kier molecular flexibility index (Phi) is 6.35. The zero-order valence-electron chi connectivity index (χ0n) is 12.3. The van der Waals surface area contributed by atoms with E-state index >= 15 is 0 Å². The number of rotatable bonds is 6. The molecule has 1 N–H and O–H groups in total. The third-order valence-electron chi connectivity index (χ3n) is 4.33. The van der Waals surface area contributed by atoms with Crippen molar-refractivity contribution in [2.75, 3.05) is 6.54 Å². The van der Waals surface area contributed by atoms with Crippen LogP contribution in [0.1, 0.15) is 57.4 Å². The normalized spacial score (nSPS) is 19.0. The molecule has 0 amide bonds. The molecule has 1 aromatic rings. The van der Waals surface area contributed by atoms with Crippen molar-refractivity contribution in [1.29, 1.82) is 0 Å². The minimum Gasteiger partial charge on any atom is -0.313 e. The van der Waals surface area contributed by atoms with Crippen LogP contribution in [0, 0.1) is 5.92 Å². The van der Waals surface area contributed by atoms with Crippen LogP contribution in [0.3, 0.4) is 0 Å². The van der Waals surface area contributed by atoms with Crippen LogP contribution in [0.5, 0.6) is 0 Å². The summed E-state index contributed by atoms with van der Waals surface area (Å²) in [7, 11) is 0. The van der Waals surface area contributed by atoms with Crippen molar-refractivity contribution in [2.24, 2.45) is 5.92 Å². The van der Waals surface area contributed by atoms with E-state index in [1.165, 1.54) is 50.5 Å². The monoisotopic (exact) mass is 260 g/mol. The summed E-state index contributed by atoms with van der Waals surface area (Å²) in [6.07, 6.45) is 14.7. The van der Waals surface area contributed by atoms with Crippen LogP contribution in [0.2, 0.25) is 0 Å². The molecular formula is C17H28N2. The highest BCUT2D eigenvalue weighted by atomic mass is 14.9. The molecule has 1 fully saturated rings. The summed E-state index contributed by atoms with van der Waals surface area (Å²) in [5.74, 6) is 0.863. The molecule has 0 aromatic carbocycles. The largest absolute Gasteiger partial charge is 0.313 e. The molecule has 106 valence electrons. The van der Waals surface area contributed by atoms with Gasteiger partial charge in [-0.2, -0.15) is 0 Å². The van der Waals surface area contributed by atoms with Crippen LogP contribution >= 0.6 is 0 Å². The molecule has 2 heteroatoms. The molecule has 0 aliphatic heterocycles. The first-order chi connectivity index (χ1) is 9.40. The summed E-state index contributed by atoms with van der Waals surface area (Å²) in [6, 6.07) is 4.98. The number of nitrogens with zero attached hydrogens (tertiary/aromatic N) is 1. The van der Waals surface area contributed by atoms with Crippen molar-refractivity contribution in [3.63, 3.8) is 0 Å². The molecule has 1 atom stereocenters. The Morgan fingerprint density at radius 1 is 1.16 bits per heavy atom. The summed E-state index contributed by atoms with van der Waals surface area (Å²) >= 11 is 0. The molecule has 0 bridgehead atoms. The van der Waals surface area contributed by atoms with E-state index < -0.39 is 0 Å². The lowest BCUT2D eigenvalue weighted by Gasteiger charge is -2.27. The van der Waals surface area contributed by atoms with Crippen LogP contribution in [0.4, 0.5) is 0 Å². The molecule has 0 radical (unpaired) electrons. The Morgan fingerprint density at radius 2 is 1.84 bits per heavy atom. The zero-order chi connectivity index (χ0) is 13.3. The smallest absolute Gasteiger partial charge is 0.0270 e. The molecule has 1 aromatic heterocycles. The van der Waals surface area contributed by atoms with Crippen molar-refractivity contribution >= 4 is 0 Å². The van der Waals surface area contributed by atoms with Gasteiger partial charge in [0.05, 0.1) is 0 Å². The van der Waals surface area contributed by atoms with Crippen LogP contribution in [0.15, 0.2) is 24.5 Å². The van der Waals surface area contributed by atoms with Crippen LogP contribution in [-0.2, 0) is 6.42 Å². The topological polar surface area (TPSA) is 24.9 Å². The molecule has 0 spiro atoms. The number of pyridine rings is 1. The lowest BCUT2D eigenvalue weighted by molar-refractivity contribution is 0.317. The van der Waals surface area contributed by atoms with Gasteiger partial charge in [-0.25, -0.2) is 0 Å². The van der Waals surface area contributed by atoms with E-state index in [4.69, 9.17) is 0 Å². The summed E-state index contributed by atoms with van der Waals surface area (Å²) in [5.41, 5.74) is 1.42. The second-order valence-electron chi connectivity index (χ2n) is 5.87. The summed E-state index contributed by atoms with van der Waals surface area (Å²) in [4.78, 5) is 4.12. The average Bonchev–Trinajstić information content (AvgIpc) is 2.73. The van der Waals surface area contributed by atoms with Gasteiger partial charge in [0.1, 0.15) is 0 Å². The highest BCUT2D eigenvalue weighted by molar-refractivity contribution is 5.11. The Hall–Kier alpha value is -0.890. The maximum absolute atomic E-state index is 4.12. The van der Waals surface area contributed by atoms with Gasteiger partial charge in [0, 0.05) is 18.4 Å². The Bertz CT molecular complexity index is 328. The number of hydrogen-bond donors (Lipinski definition) is 1. The van der Waals surface area contributed by atoms with E-state index in [0.29, 0.717) is 6.04 Å². The molecule has 1 saturated carbocycles. The lowest BCUT2D eigenvalue weighted by atomic mass is 9.88. The molecule has 1 aliphatic rings. The van der Waals surface area contributed by atoms with Crippen molar-refractivity contribution in [3.8, 4) is 0 Å². The van der Waals surface area contributed by atoms with Crippen molar-refractivity contribution in [2.45, 2.75) is 64.3 Å². The predicted molar refractivity (Wildman–Crippen MR) is 81.2 cm³/mol. The molecule has 2 rings (SSSR count). The van der Waals surface area contributed by atoms with Gasteiger partial charge in [0.2, 0.25) is 0 Å². The molecule has 1 aliphatic carbocycles. The van der Waals surface area contributed by atoms with Crippen LogP contribution in [0.25, 0.3) is 0 Å². The van der Waals surface area contributed by atoms with E-state index in [9.17, 15) is 0 Å². The first kappa shape index (κ1) is 14.5. The van der Waals surface area contributed by atoms with Gasteiger partial charge < -0.3 is 5.32 Å². The van der Waals surface area contributed by atoms with E-state index in [2.05, 4.69) is 29.4 Å². The zero-order valence-corrected chi connectivity index (χ0v) is 12.3. The Labute approximate surface area is 118 Å². The fraction of sp³-hybridized carbons (Fsp3) is 0.706. The number of nitrogens with one attached hydrogen (secondary N) is 1. The summed E-state index contributed by atoms with van der Waals surface area (Å²) in [5, 5.41) is 3.79. The van der Waals surface area contributed by atoms with Gasteiger partial charge in [-0.3, -0.25) is 4.98 Å². The second-order valence-corrected chi connectivity index (χ2v) is 5.87. The Balaban J connectivity index is 1.97. The number of aromatic nitrogens is 1. The maximum Gasteiger partial charge on any atom is 0.0270 e. The fourth-order valence-electron chi connectivity index (χ4n) is 3.22. The van der Waals surface area contributed by atoms with Crippen LogP contribution in [-0.4, -0.2) is 17.6 Å². The van der Waals surface area contributed by atoms with E-state index in [1.54, 1.807) is 0 Å². The van der Waals surface area contributed by atoms with Crippen molar-refractivity contribution < 1.29 is 0 Å². The van der Waals surface area contributed by atoms with E-state index in [0.717, 1.165) is 18.9 Å². The van der Waals surface area contributed by atoms with E-state index in [-0.39, 0.29) is 0 Å². The fourth-order valence-corrected chi connectivity index (χ4v) is 3.22. The lowest BCUT2D eigenvalue weighted by Crippen LogP contribution is -2.38. The third-order valence-corrected chi connectivity index (χ3v) is 4.33. The molecule has 19 heavy (non-hydrogen) atoms. The quantitative estimate of drug-likeness (QED) is 0.783. The maximum atomic E-state index is 4.12. The van der Waals surface area contributed by atoms with Gasteiger partial charge in [-0.05, 0) is 55.8 Å². The first-order valence-electron chi connectivity index (χ1n) is 8.02. The summed E-state index contributed by atoms with van der Waals surface area (Å²) in [6.45, 7) is 3.40. The van der Waals surface area contributed by atoms with Gasteiger partial charge >= 0.3 is 0 Å². The highest BCUT2D eigenvalue weighted by Gasteiger charge is 2.22. The minimum atomic E-state index is 0.653. The molecular weight excluding hydrogens is 232 g/mol. The van der Waals surface area contributed by atoms with Gasteiger partial charge in [-0.1, -0.05) is 32.6 Å². The SMILES string of the molecule is CCCNC(Cc1ccncc1)C1CCCCCC1.